The van der Waals surface area contributed by atoms with Gasteiger partial charge in [-0.05, 0) is 47.9 Å². The van der Waals surface area contributed by atoms with Gasteiger partial charge in [-0.15, -0.1) is 0 Å². The monoisotopic (exact) mass is 405 g/mol. The lowest BCUT2D eigenvalue weighted by atomic mass is 10.0. The second kappa shape index (κ2) is 9.41. The molecule has 0 saturated heterocycles. The number of benzene rings is 2. The zero-order valence-corrected chi connectivity index (χ0v) is 16.2. The number of alkyl halides is 3. The molecule has 0 radical (unpaired) electrons. The SMILES string of the molecule is CN(C)c1ccc(/C=C/C(=O)CC(=O)CCc2ccc(O)cc2)c(C(F)(F)F)c1. The van der Waals surface area contributed by atoms with Crippen LogP contribution in [-0.4, -0.2) is 30.8 Å². The molecule has 0 aliphatic carbocycles. The maximum absolute atomic E-state index is 13.3. The van der Waals surface area contributed by atoms with E-state index < -0.39 is 17.5 Å². The van der Waals surface area contributed by atoms with Crippen molar-refractivity contribution < 1.29 is 27.9 Å². The third kappa shape index (κ3) is 6.78. The van der Waals surface area contributed by atoms with Crippen LogP contribution in [0.4, 0.5) is 18.9 Å². The van der Waals surface area contributed by atoms with E-state index in [0.717, 1.165) is 23.8 Å². The highest BCUT2D eigenvalue weighted by molar-refractivity contribution is 6.06. The largest absolute Gasteiger partial charge is 0.508 e. The molecule has 0 spiro atoms. The van der Waals surface area contributed by atoms with E-state index in [9.17, 15) is 27.9 Å². The summed E-state index contributed by atoms with van der Waals surface area (Å²) in [6, 6.07) is 10.2. The van der Waals surface area contributed by atoms with E-state index in [0.29, 0.717) is 12.1 Å². The first kappa shape index (κ1) is 22.2. The molecule has 154 valence electrons. The number of carbonyl (C=O) groups is 2. The molecule has 4 nitrogen and oxygen atoms in total. The van der Waals surface area contributed by atoms with Crippen LogP contribution in [0, 0.1) is 0 Å². The van der Waals surface area contributed by atoms with Crippen molar-refractivity contribution in [3.05, 3.63) is 65.2 Å². The molecule has 1 N–H and O–H groups in total. The number of phenols is 1. The molecule has 2 aromatic rings. The zero-order chi connectivity index (χ0) is 21.6. The molecule has 0 aliphatic heterocycles. The first-order valence-corrected chi connectivity index (χ1v) is 8.95. The van der Waals surface area contributed by atoms with Crippen molar-refractivity contribution in [2.45, 2.75) is 25.4 Å². The van der Waals surface area contributed by atoms with E-state index in [2.05, 4.69) is 0 Å². The number of hydrogen-bond acceptors (Lipinski definition) is 4. The van der Waals surface area contributed by atoms with Gasteiger partial charge in [0.2, 0.25) is 0 Å². The molecule has 2 rings (SSSR count). The van der Waals surface area contributed by atoms with E-state index in [1.54, 1.807) is 31.1 Å². The molecule has 0 atom stereocenters. The summed E-state index contributed by atoms with van der Waals surface area (Å²) >= 11 is 0. The number of nitrogens with zero attached hydrogens (tertiary/aromatic N) is 1. The smallest absolute Gasteiger partial charge is 0.417 e. The Morgan fingerprint density at radius 3 is 2.31 bits per heavy atom. The van der Waals surface area contributed by atoms with Crippen LogP contribution in [0.5, 0.6) is 5.75 Å². The van der Waals surface area contributed by atoms with Gasteiger partial charge in [-0.1, -0.05) is 24.3 Å². The summed E-state index contributed by atoms with van der Waals surface area (Å²) in [5.41, 5.74) is 0.263. The fourth-order valence-corrected chi connectivity index (χ4v) is 2.68. The molecule has 0 aliphatic rings. The zero-order valence-electron chi connectivity index (χ0n) is 16.2. The predicted molar refractivity (Wildman–Crippen MR) is 106 cm³/mol. The van der Waals surface area contributed by atoms with Gasteiger partial charge in [0.25, 0.3) is 0 Å². The van der Waals surface area contributed by atoms with Crippen LogP contribution in [0.2, 0.25) is 0 Å². The topological polar surface area (TPSA) is 57.6 Å². The van der Waals surface area contributed by atoms with Crippen LogP contribution in [0.3, 0.4) is 0 Å². The molecule has 0 aromatic heterocycles. The number of aromatic hydroxyl groups is 1. The van der Waals surface area contributed by atoms with Gasteiger partial charge in [0, 0.05) is 26.2 Å². The molecule has 0 unspecified atom stereocenters. The van der Waals surface area contributed by atoms with Crippen molar-refractivity contribution in [3.63, 3.8) is 0 Å². The van der Waals surface area contributed by atoms with E-state index >= 15 is 0 Å². The highest BCUT2D eigenvalue weighted by Gasteiger charge is 2.33. The number of rotatable bonds is 8. The number of allylic oxidation sites excluding steroid dienone is 1. The molecule has 2 aromatic carbocycles. The molecule has 0 bridgehead atoms. The lowest BCUT2D eigenvalue weighted by Crippen LogP contribution is -2.13. The highest BCUT2D eigenvalue weighted by Crippen LogP contribution is 2.35. The molecule has 0 amide bonds. The van der Waals surface area contributed by atoms with Gasteiger partial charge in [0.15, 0.2) is 5.78 Å². The number of hydrogen-bond donors (Lipinski definition) is 1. The number of Topliss-reactive ketones (excluding diaryl/α,β-unsaturated/α-hetero) is 1. The summed E-state index contributed by atoms with van der Waals surface area (Å²) in [4.78, 5) is 25.5. The average Bonchev–Trinajstić information content (AvgIpc) is 2.65. The minimum atomic E-state index is -4.56. The fraction of sp³-hybridized carbons (Fsp3) is 0.273. The number of carbonyl (C=O) groups excluding carboxylic acids is 2. The summed E-state index contributed by atoms with van der Waals surface area (Å²) in [5, 5.41) is 9.23. The van der Waals surface area contributed by atoms with Crippen LogP contribution in [0.15, 0.2) is 48.5 Å². The minimum absolute atomic E-state index is 0.122. The Hall–Kier alpha value is -3.09. The van der Waals surface area contributed by atoms with Crippen molar-refractivity contribution in [3.8, 4) is 5.75 Å². The first-order chi connectivity index (χ1) is 13.6. The van der Waals surface area contributed by atoms with Crippen LogP contribution in [0.1, 0.15) is 29.5 Å². The maximum atomic E-state index is 13.3. The molecular formula is C22H22F3NO3. The van der Waals surface area contributed by atoms with Crippen LogP contribution < -0.4 is 4.90 Å². The molecule has 0 fully saturated rings. The molecule has 29 heavy (non-hydrogen) atoms. The summed E-state index contributed by atoms with van der Waals surface area (Å²) in [7, 11) is 3.27. The average molecular weight is 405 g/mol. The number of anilines is 1. The normalized spacial score (nSPS) is 11.6. The number of halogens is 3. The third-order valence-electron chi connectivity index (χ3n) is 4.31. The van der Waals surface area contributed by atoms with Gasteiger partial charge in [0.1, 0.15) is 11.5 Å². The van der Waals surface area contributed by atoms with Gasteiger partial charge in [-0.25, -0.2) is 0 Å². The standard InChI is InChI=1S/C22H22F3NO3/c1-26(2)17-8-6-16(21(13-17)22(23,24)25)7-12-20(29)14-19(28)11-5-15-3-9-18(27)10-4-15/h3-4,6-10,12-13,27H,5,11,14H2,1-2H3/b12-7+. The highest BCUT2D eigenvalue weighted by atomic mass is 19.4. The molecular weight excluding hydrogens is 383 g/mol. The van der Waals surface area contributed by atoms with Crippen molar-refractivity contribution in [1.82, 2.24) is 0 Å². The quantitative estimate of drug-likeness (QED) is 0.513. The summed E-state index contributed by atoms with van der Waals surface area (Å²) < 4.78 is 39.9. The van der Waals surface area contributed by atoms with Gasteiger partial charge in [0.05, 0.1) is 12.0 Å². The lowest BCUT2D eigenvalue weighted by molar-refractivity contribution is -0.137. The number of aryl methyl sites for hydroxylation is 1. The minimum Gasteiger partial charge on any atom is -0.508 e. The number of ketones is 2. The van der Waals surface area contributed by atoms with Gasteiger partial charge < -0.3 is 10.0 Å². The summed E-state index contributed by atoms with van der Waals surface area (Å²) in [6.07, 6.45) is -2.27. The van der Waals surface area contributed by atoms with Crippen molar-refractivity contribution in [2.75, 3.05) is 19.0 Å². The van der Waals surface area contributed by atoms with E-state index in [1.807, 2.05) is 0 Å². The van der Waals surface area contributed by atoms with E-state index in [4.69, 9.17) is 0 Å². The maximum Gasteiger partial charge on any atom is 0.417 e. The molecule has 7 heteroatoms. The molecule has 0 heterocycles. The van der Waals surface area contributed by atoms with Crippen molar-refractivity contribution >= 4 is 23.3 Å². The second-order valence-corrected chi connectivity index (χ2v) is 6.85. The lowest BCUT2D eigenvalue weighted by Gasteiger charge is -2.17. The van der Waals surface area contributed by atoms with Crippen molar-refractivity contribution in [1.29, 1.82) is 0 Å². The van der Waals surface area contributed by atoms with Crippen LogP contribution in [0.25, 0.3) is 6.08 Å². The second-order valence-electron chi connectivity index (χ2n) is 6.85. The molecule has 0 saturated carbocycles. The Morgan fingerprint density at radius 1 is 1.07 bits per heavy atom. The Labute approximate surface area is 167 Å². The van der Waals surface area contributed by atoms with Gasteiger partial charge >= 0.3 is 6.18 Å². The van der Waals surface area contributed by atoms with Crippen molar-refractivity contribution in [2.24, 2.45) is 0 Å². The van der Waals surface area contributed by atoms with Crippen LogP contribution in [-0.2, 0) is 22.2 Å². The summed E-state index contributed by atoms with van der Waals surface area (Å²) in [5.74, 6) is -0.727. The van der Waals surface area contributed by atoms with E-state index in [1.165, 1.54) is 24.3 Å². The number of phenolic OH excluding ortho intramolecular Hbond substituents is 1. The Bertz CT molecular complexity index is 901. The first-order valence-electron chi connectivity index (χ1n) is 8.95. The Balaban J connectivity index is 2.00. The summed E-state index contributed by atoms with van der Waals surface area (Å²) in [6.45, 7) is 0. The Morgan fingerprint density at radius 2 is 1.72 bits per heavy atom. The van der Waals surface area contributed by atoms with Crippen LogP contribution >= 0.6 is 0 Å². The Kier molecular flexibility index (Phi) is 7.20. The predicted octanol–water partition coefficient (Wildman–Crippen LogP) is 4.65. The fourth-order valence-electron chi connectivity index (χ4n) is 2.68. The van der Waals surface area contributed by atoms with E-state index in [-0.39, 0.29) is 29.9 Å². The van der Waals surface area contributed by atoms with Gasteiger partial charge in [-0.2, -0.15) is 13.2 Å². The third-order valence-corrected chi connectivity index (χ3v) is 4.31. The van der Waals surface area contributed by atoms with Gasteiger partial charge in [-0.3, -0.25) is 9.59 Å².